The number of carbonyl (C=O) groups excluding carboxylic acids is 2. The maximum atomic E-state index is 12.3. The number of carboxylic acids is 1. The number of likely N-dealkylation sites (tertiary alicyclic amines) is 1. The quantitative estimate of drug-likeness (QED) is 0.723. The third-order valence-corrected chi connectivity index (χ3v) is 3.60. The van der Waals surface area contributed by atoms with E-state index in [1.165, 1.54) is 4.90 Å². The fourth-order valence-corrected chi connectivity index (χ4v) is 2.50. The molecule has 0 radical (unpaired) electrons. The van der Waals surface area contributed by atoms with Crippen LogP contribution >= 0.6 is 0 Å². The van der Waals surface area contributed by atoms with Crippen molar-refractivity contribution >= 4 is 17.8 Å². The van der Waals surface area contributed by atoms with Crippen molar-refractivity contribution < 1.29 is 24.2 Å². The molecule has 1 N–H and O–H groups in total. The van der Waals surface area contributed by atoms with Crippen molar-refractivity contribution in [3.63, 3.8) is 0 Å². The highest BCUT2D eigenvalue weighted by Crippen LogP contribution is 2.21. The zero-order chi connectivity index (χ0) is 14.0. The molecule has 2 aliphatic heterocycles. The number of rotatable bonds is 3. The summed E-state index contributed by atoms with van der Waals surface area (Å²) in [6, 6.07) is 0. The molecular weight excluding hydrogens is 252 g/mol. The van der Waals surface area contributed by atoms with Gasteiger partial charge in [-0.1, -0.05) is 0 Å². The predicted octanol–water partition coefficient (Wildman–Crippen LogP) is -0.833. The molecule has 0 unspecified atom stereocenters. The summed E-state index contributed by atoms with van der Waals surface area (Å²) >= 11 is 0. The summed E-state index contributed by atoms with van der Waals surface area (Å²) in [7, 11) is 0. The Morgan fingerprint density at radius 1 is 1.42 bits per heavy atom. The Labute approximate surface area is 111 Å². The number of nitrogens with zero attached hydrogens (tertiary/aromatic N) is 2. The van der Waals surface area contributed by atoms with Crippen LogP contribution in [0.1, 0.15) is 13.3 Å². The van der Waals surface area contributed by atoms with Crippen molar-refractivity contribution in [2.24, 2.45) is 5.92 Å². The minimum Gasteiger partial charge on any atom is -0.479 e. The van der Waals surface area contributed by atoms with Crippen LogP contribution in [0.25, 0.3) is 0 Å². The number of hydrogen-bond donors (Lipinski definition) is 1. The molecule has 0 aromatic rings. The highest BCUT2D eigenvalue weighted by atomic mass is 16.5. The van der Waals surface area contributed by atoms with Gasteiger partial charge in [-0.3, -0.25) is 9.59 Å². The molecule has 0 aromatic heterocycles. The molecule has 2 rings (SSSR count). The van der Waals surface area contributed by atoms with E-state index >= 15 is 0 Å². The van der Waals surface area contributed by atoms with E-state index in [4.69, 9.17) is 9.84 Å². The number of morpholine rings is 1. The third kappa shape index (κ3) is 2.86. The fraction of sp³-hybridized carbons (Fsp3) is 0.750. The number of carboxylic acid groups (broad SMARTS) is 1. The monoisotopic (exact) mass is 270 g/mol. The first kappa shape index (κ1) is 13.8. The lowest BCUT2D eigenvalue weighted by molar-refractivity contribution is -0.160. The summed E-state index contributed by atoms with van der Waals surface area (Å²) < 4.78 is 5.08. The molecule has 0 aliphatic carbocycles. The molecular formula is C12H18N2O5. The van der Waals surface area contributed by atoms with E-state index in [9.17, 15) is 14.4 Å². The standard InChI is InChI=1S/C12H18N2O5/c1-2-13-6-8(5-10(13)15)11(16)14-3-4-19-9(7-14)12(17)18/h8-9H,2-7H2,1H3,(H,17,18)/t8-,9+/m0/s1. The first-order chi connectivity index (χ1) is 9.02. The maximum Gasteiger partial charge on any atom is 0.334 e. The molecule has 19 heavy (non-hydrogen) atoms. The average Bonchev–Trinajstić information content (AvgIpc) is 2.79. The Bertz CT molecular complexity index is 398. The van der Waals surface area contributed by atoms with E-state index in [2.05, 4.69) is 0 Å². The van der Waals surface area contributed by atoms with Gasteiger partial charge in [0.05, 0.1) is 19.1 Å². The van der Waals surface area contributed by atoms with Gasteiger partial charge in [-0.05, 0) is 6.92 Å². The number of hydrogen-bond acceptors (Lipinski definition) is 4. The van der Waals surface area contributed by atoms with Crippen molar-refractivity contribution in [2.45, 2.75) is 19.4 Å². The molecule has 0 spiro atoms. The van der Waals surface area contributed by atoms with E-state index in [1.807, 2.05) is 6.92 Å². The predicted molar refractivity (Wildman–Crippen MR) is 64.3 cm³/mol. The molecule has 2 fully saturated rings. The molecule has 7 heteroatoms. The summed E-state index contributed by atoms with van der Waals surface area (Å²) in [5, 5.41) is 8.90. The minimum atomic E-state index is -1.06. The second-order valence-electron chi connectivity index (χ2n) is 4.82. The van der Waals surface area contributed by atoms with Gasteiger partial charge >= 0.3 is 5.97 Å². The lowest BCUT2D eigenvalue weighted by Gasteiger charge is -2.32. The summed E-state index contributed by atoms with van der Waals surface area (Å²) in [5.41, 5.74) is 0. The molecule has 0 bridgehead atoms. The van der Waals surface area contributed by atoms with Gasteiger partial charge in [0.2, 0.25) is 11.8 Å². The van der Waals surface area contributed by atoms with Crippen molar-refractivity contribution in [3.05, 3.63) is 0 Å². The molecule has 7 nitrogen and oxygen atoms in total. The van der Waals surface area contributed by atoms with Gasteiger partial charge in [-0.25, -0.2) is 4.79 Å². The second kappa shape index (κ2) is 5.56. The molecule has 2 atom stereocenters. The first-order valence-electron chi connectivity index (χ1n) is 6.44. The normalized spacial score (nSPS) is 27.7. The highest BCUT2D eigenvalue weighted by Gasteiger charge is 2.38. The molecule has 2 heterocycles. The Morgan fingerprint density at radius 2 is 2.16 bits per heavy atom. The van der Waals surface area contributed by atoms with Crippen LogP contribution in [0.3, 0.4) is 0 Å². The van der Waals surface area contributed by atoms with Crippen LogP contribution in [-0.2, 0) is 19.1 Å². The van der Waals surface area contributed by atoms with E-state index in [1.54, 1.807) is 4.90 Å². The lowest BCUT2D eigenvalue weighted by Crippen LogP contribution is -2.50. The SMILES string of the molecule is CCN1C[C@@H](C(=O)N2CCO[C@@H](C(=O)O)C2)CC1=O. The minimum absolute atomic E-state index is 0.0103. The number of aliphatic carboxylic acids is 1. The van der Waals surface area contributed by atoms with Crippen molar-refractivity contribution in [3.8, 4) is 0 Å². The van der Waals surface area contributed by atoms with Gasteiger partial charge in [0.15, 0.2) is 6.10 Å². The van der Waals surface area contributed by atoms with E-state index in [0.717, 1.165) is 0 Å². The van der Waals surface area contributed by atoms with Gasteiger partial charge in [0, 0.05) is 26.1 Å². The van der Waals surface area contributed by atoms with Crippen LogP contribution in [0.4, 0.5) is 0 Å². The maximum absolute atomic E-state index is 12.3. The van der Waals surface area contributed by atoms with Gasteiger partial charge < -0.3 is 19.6 Å². The zero-order valence-corrected chi connectivity index (χ0v) is 10.9. The summed E-state index contributed by atoms with van der Waals surface area (Å²) in [6.45, 7) is 3.58. The van der Waals surface area contributed by atoms with E-state index in [0.29, 0.717) is 19.6 Å². The van der Waals surface area contributed by atoms with Crippen molar-refractivity contribution in [2.75, 3.05) is 32.8 Å². The largest absolute Gasteiger partial charge is 0.479 e. The second-order valence-corrected chi connectivity index (χ2v) is 4.82. The van der Waals surface area contributed by atoms with Crippen LogP contribution < -0.4 is 0 Å². The van der Waals surface area contributed by atoms with Crippen LogP contribution in [0, 0.1) is 5.92 Å². The fourth-order valence-electron chi connectivity index (χ4n) is 2.50. The van der Waals surface area contributed by atoms with Crippen LogP contribution in [0.2, 0.25) is 0 Å². The molecule has 106 valence electrons. The molecule has 0 saturated carbocycles. The smallest absolute Gasteiger partial charge is 0.334 e. The zero-order valence-electron chi connectivity index (χ0n) is 10.9. The van der Waals surface area contributed by atoms with Crippen molar-refractivity contribution in [1.29, 1.82) is 0 Å². The summed E-state index contributed by atoms with van der Waals surface area (Å²) in [4.78, 5) is 37.9. The van der Waals surface area contributed by atoms with Crippen molar-refractivity contribution in [1.82, 2.24) is 9.80 Å². The number of ether oxygens (including phenoxy) is 1. The highest BCUT2D eigenvalue weighted by molar-refractivity contribution is 5.89. The molecule has 2 amide bonds. The molecule has 0 aromatic carbocycles. The number of carbonyl (C=O) groups is 3. The average molecular weight is 270 g/mol. The van der Waals surface area contributed by atoms with Gasteiger partial charge in [0.1, 0.15) is 0 Å². The Balaban J connectivity index is 1.96. The third-order valence-electron chi connectivity index (χ3n) is 3.60. The Kier molecular flexibility index (Phi) is 4.04. The topological polar surface area (TPSA) is 87.2 Å². The Hall–Kier alpha value is -1.63. The first-order valence-corrected chi connectivity index (χ1v) is 6.44. The van der Waals surface area contributed by atoms with Crippen LogP contribution in [-0.4, -0.2) is 71.6 Å². The number of amides is 2. The lowest BCUT2D eigenvalue weighted by atomic mass is 10.1. The van der Waals surface area contributed by atoms with Crippen LogP contribution in [0.5, 0.6) is 0 Å². The van der Waals surface area contributed by atoms with Gasteiger partial charge in [-0.2, -0.15) is 0 Å². The molecule has 2 saturated heterocycles. The summed E-state index contributed by atoms with van der Waals surface area (Å²) in [5.74, 6) is -1.56. The summed E-state index contributed by atoms with van der Waals surface area (Å²) in [6.07, 6.45) is -0.737. The van der Waals surface area contributed by atoms with E-state index in [-0.39, 0.29) is 37.3 Å². The van der Waals surface area contributed by atoms with Gasteiger partial charge in [-0.15, -0.1) is 0 Å². The Morgan fingerprint density at radius 3 is 2.74 bits per heavy atom. The van der Waals surface area contributed by atoms with E-state index < -0.39 is 12.1 Å². The van der Waals surface area contributed by atoms with Crippen LogP contribution in [0.15, 0.2) is 0 Å². The van der Waals surface area contributed by atoms with Gasteiger partial charge in [0.25, 0.3) is 0 Å². The molecule has 2 aliphatic rings.